The number of anilines is 1. The Labute approximate surface area is 166 Å². The number of nitrogens with zero attached hydrogens (tertiary/aromatic N) is 4. The largest absolute Gasteiger partial charge is 0.378 e. The van der Waals surface area contributed by atoms with Crippen molar-refractivity contribution in [3.05, 3.63) is 30.2 Å². The van der Waals surface area contributed by atoms with Crippen molar-refractivity contribution in [2.24, 2.45) is 5.92 Å². The molecule has 2 heterocycles. The maximum Gasteiger partial charge on any atom is 0.231 e. The Morgan fingerprint density at radius 2 is 1.82 bits per heavy atom. The fourth-order valence-electron chi connectivity index (χ4n) is 4.41. The van der Waals surface area contributed by atoms with E-state index in [0.717, 1.165) is 43.5 Å². The van der Waals surface area contributed by atoms with Gasteiger partial charge >= 0.3 is 0 Å². The van der Waals surface area contributed by atoms with E-state index in [1.807, 2.05) is 31.1 Å². The lowest BCUT2D eigenvalue weighted by Crippen LogP contribution is -2.42. The molecule has 1 aliphatic carbocycles. The molecule has 1 aromatic carbocycles. The fourth-order valence-corrected chi connectivity index (χ4v) is 4.41. The van der Waals surface area contributed by atoms with E-state index < -0.39 is 0 Å². The van der Waals surface area contributed by atoms with Crippen LogP contribution in [0.1, 0.15) is 56.8 Å². The molecule has 1 saturated carbocycles. The molecule has 0 bridgehead atoms. The average molecular weight is 383 g/mol. The SMILES string of the molecule is CN(C)c1ccc(-c2noc([C@@H]3CCCN(C(=O)C4CCCCC4)C3)n2)cc1. The van der Waals surface area contributed by atoms with Crippen molar-refractivity contribution < 1.29 is 9.32 Å². The Morgan fingerprint density at radius 1 is 1.07 bits per heavy atom. The minimum Gasteiger partial charge on any atom is -0.378 e. The highest BCUT2D eigenvalue weighted by atomic mass is 16.5. The van der Waals surface area contributed by atoms with Gasteiger partial charge in [0, 0.05) is 44.4 Å². The van der Waals surface area contributed by atoms with E-state index >= 15 is 0 Å². The lowest BCUT2D eigenvalue weighted by molar-refractivity contribution is -0.137. The zero-order valence-corrected chi connectivity index (χ0v) is 16.9. The first-order chi connectivity index (χ1) is 13.6. The van der Waals surface area contributed by atoms with Gasteiger partial charge in [0.25, 0.3) is 0 Å². The van der Waals surface area contributed by atoms with E-state index in [2.05, 4.69) is 27.2 Å². The third-order valence-electron chi connectivity index (χ3n) is 6.12. The number of carbonyl (C=O) groups excluding carboxylic acids is 1. The standard InChI is InChI=1S/C22H30N4O2/c1-25(2)19-12-10-16(11-13-19)20-23-21(28-24-20)18-9-6-14-26(15-18)22(27)17-7-4-3-5-8-17/h10-13,17-18H,3-9,14-15H2,1-2H3/t18-/m1/s1. The summed E-state index contributed by atoms with van der Waals surface area (Å²) in [7, 11) is 4.04. The highest BCUT2D eigenvalue weighted by Gasteiger charge is 2.32. The number of piperidine rings is 1. The van der Waals surface area contributed by atoms with Gasteiger partial charge in [-0.1, -0.05) is 24.4 Å². The Kier molecular flexibility index (Phi) is 5.64. The van der Waals surface area contributed by atoms with Crippen LogP contribution in [0.25, 0.3) is 11.4 Å². The molecule has 6 heteroatoms. The lowest BCUT2D eigenvalue weighted by Gasteiger charge is -2.34. The quantitative estimate of drug-likeness (QED) is 0.797. The van der Waals surface area contributed by atoms with E-state index in [9.17, 15) is 4.79 Å². The van der Waals surface area contributed by atoms with Crippen molar-refractivity contribution in [3.8, 4) is 11.4 Å². The molecule has 150 valence electrons. The second kappa shape index (κ2) is 8.33. The van der Waals surface area contributed by atoms with Crippen LogP contribution in [-0.2, 0) is 4.79 Å². The van der Waals surface area contributed by atoms with Crippen LogP contribution in [0.2, 0.25) is 0 Å². The molecular weight excluding hydrogens is 352 g/mol. The summed E-state index contributed by atoms with van der Waals surface area (Å²) in [5, 5.41) is 4.19. The molecule has 1 saturated heterocycles. The highest BCUT2D eigenvalue weighted by Crippen LogP contribution is 2.31. The van der Waals surface area contributed by atoms with Gasteiger partial charge in [-0.2, -0.15) is 4.98 Å². The van der Waals surface area contributed by atoms with E-state index in [1.165, 1.54) is 19.3 Å². The Bertz CT molecular complexity index is 793. The summed E-state index contributed by atoms with van der Waals surface area (Å²) in [4.78, 5) is 21.7. The second-order valence-corrected chi connectivity index (χ2v) is 8.36. The maximum absolute atomic E-state index is 12.9. The first-order valence-corrected chi connectivity index (χ1v) is 10.5. The summed E-state index contributed by atoms with van der Waals surface area (Å²) >= 11 is 0. The summed E-state index contributed by atoms with van der Waals surface area (Å²) in [6.45, 7) is 1.56. The minimum atomic E-state index is 0.142. The van der Waals surface area contributed by atoms with Crippen LogP contribution in [0.15, 0.2) is 28.8 Å². The maximum atomic E-state index is 12.9. The first-order valence-electron chi connectivity index (χ1n) is 10.5. The van der Waals surface area contributed by atoms with Gasteiger partial charge in [-0.25, -0.2) is 0 Å². The Balaban J connectivity index is 1.43. The van der Waals surface area contributed by atoms with Crippen molar-refractivity contribution in [2.75, 3.05) is 32.1 Å². The highest BCUT2D eigenvalue weighted by molar-refractivity contribution is 5.79. The molecule has 0 spiro atoms. The van der Waals surface area contributed by atoms with Crippen LogP contribution < -0.4 is 4.90 Å². The van der Waals surface area contributed by atoms with Gasteiger partial charge in [0.1, 0.15) is 0 Å². The van der Waals surface area contributed by atoms with Crippen molar-refractivity contribution >= 4 is 11.6 Å². The monoisotopic (exact) mass is 382 g/mol. The van der Waals surface area contributed by atoms with Gasteiger partial charge in [-0.3, -0.25) is 4.79 Å². The number of likely N-dealkylation sites (tertiary alicyclic amines) is 1. The minimum absolute atomic E-state index is 0.142. The molecule has 4 rings (SSSR count). The van der Waals surface area contributed by atoms with Gasteiger partial charge in [-0.15, -0.1) is 0 Å². The third-order valence-corrected chi connectivity index (χ3v) is 6.12. The number of carbonyl (C=O) groups is 1. The van der Waals surface area contributed by atoms with Crippen LogP contribution in [0.5, 0.6) is 0 Å². The molecule has 0 unspecified atom stereocenters. The number of aromatic nitrogens is 2. The molecule has 6 nitrogen and oxygen atoms in total. The van der Waals surface area contributed by atoms with Crippen LogP contribution >= 0.6 is 0 Å². The molecule has 1 amide bonds. The average Bonchev–Trinajstić information content (AvgIpc) is 3.24. The van der Waals surface area contributed by atoms with Crippen molar-refractivity contribution in [2.45, 2.75) is 50.9 Å². The number of hydrogen-bond donors (Lipinski definition) is 0. The molecule has 2 aliphatic rings. The predicted octanol–water partition coefficient (Wildman–Crippen LogP) is 4.09. The first kappa shape index (κ1) is 19.0. The number of amides is 1. The molecule has 1 atom stereocenters. The summed E-state index contributed by atoms with van der Waals surface area (Å²) in [6, 6.07) is 8.14. The lowest BCUT2D eigenvalue weighted by atomic mass is 9.87. The van der Waals surface area contributed by atoms with Crippen molar-refractivity contribution in [1.82, 2.24) is 15.0 Å². The molecule has 0 N–H and O–H groups in total. The molecular formula is C22H30N4O2. The summed E-state index contributed by atoms with van der Waals surface area (Å²) in [5.74, 6) is 1.98. The molecule has 2 aromatic rings. The topological polar surface area (TPSA) is 62.5 Å². The molecule has 1 aromatic heterocycles. The smallest absolute Gasteiger partial charge is 0.231 e. The van der Waals surface area contributed by atoms with Gasteiger partial charge in [0.05, 0.1) is 5.92 Å². The number of hydrogen-bond acceptors (Lipinski definition) is 5. The second-order valence-electron chi connectivity index (χ2n) is 8.36. The Hall–Kier alpha value is -2.37. The van der Waals surface area contributed by atoms with Crippen LogP contribution in [0.3, 0.4) is 0 Å². The van der Waals surface area contributed by atoms with E-state index in [-0.39, 0.29) is 11.8 Å². The summed E-state index contributed by atoms with van der Waals surface area (Å²) in [5.41, 5.74) is 2.09. The zero-order valence-electron chi connectivity index (χ0n) is 16.9. The van der Waals surface area contributed by atoms with E-state index in [1.54, 1.807) is 0 Å². The van der Waals surface area contributed by atoms with Crippen molar-refractivity contribution in [3.63, 3.8) is 0 Å². The van der Waals surface area contributed by atoms with Crippen LogP contribution in [-0.4, -0.2) is 48.1 Å². The third kappa shape index (κ3) is 4.05. The van der Waals surface area contributed by atoms with Gasteiger partial charge in [-0.05, 0) is 49.9 Å². The molecule has 1 aliphatic heterocycles. The summed E-state index contributed by atoms with van der Waals surface area (Å²) in [6.07, 6.45) is 7.74. The van der Waals surface area contributed by atoms with Crippen molar-refractivity contribution in [1.29, 1.82) is 0 Å². The fraction of sp³-hybridized carbons (Fsp3) is 0.591. The predicted molar refractivity (Wildman–Crippen MR) is 109 cm³/mol. The Morgan fingerprint density at radius 3 is 2.54 bits per heavy atom. The van der Waals surface area contributed by atoms with Gasteiger partial charge < -0.3 is 14.3 Å². The zero-order chi connectivity index (χ0) is 19.5. The van der Waals surface area contributed by atoms with Gasteiger partial charge in [0.15, 0.2) is 0 Å². The van der Waals surface area contributed by atoms with Crippen LogP contribution in [0.4, 0.5) is 5.69 Å². The van der Waals surface area contributed by atoms with E-state index in [4.69, 9.17) is 4.52 Å². The molecule has 2 fully saturated rings. The number of rotatable bonds is 4. The normalized spacial score (nSPS) is 20.9. The summed E-state index contributed by atoms with van der Waals surface area (Å²) < 4.78 is 5.60. The molecule has 28 heavy (non-hydrogen) atoms. The van der Waals surface area contributed by atoms with Crippen LogP contribution in [0, 0.1) is 5.92 Å². The van der Waals surface area contributed by atoms with Gasteiger partial charge in [0.2, 0.25) is 17.6 Å². The molecule has 0 radical (unpaired) electrons. The number of benzene rings is 1. The van der Waals surface area contributed by atoms with E-state index in [0.29, 0.717) is 24.2 Å².